The summed E-state index contributed by atoms with van der Waals surface area (Å²) in [5, 5.41) is 28.3. The Morgan fingerprint density at radius 3 is 2.29 bits per heavy atom. The van der Waals surface area contributed by atoms with Gasteiger partial charge in [0.25, 0.3) is 0 Å². The molecule has 1 aromatic carbocycles. The van der Waals surface area contributed by atoms with Crippen molar-refractivity contribution in [2.45, 2.75) is 58.6 Å². The number of H-pyrrole nitrogens is 1. The van der Waals surface area contributed by atoms with Crippen LogP contribution in [0.4, 0.5) is 15.4 Å². The highest BCUT2D eigenvalue weighted by Gasteiger charge is 2.10. The van der Waals surface area contributed by atoms with Crippen LogP contribution in [0.15, 0.2) is 30.5 Å². The molecule has 0 unspecified atom stereocenters. The van der Waals surface area contributed by atoms with E-state index in [1.807, 2.05) is 0 Å². The van der Waals surface area contributed by atoms with Gasteiger partial charge in [-0.2, -0.15) is 5.10 Å². The number of aldehydes is 1. The van der Waals surface area contributed by atoms with Crippen molar-refractivity contribution in [1.82, 2.24) is 15.5 Å². The number of ether oxygens (including phenoxy) is 1. The van der Waals surface area contributed by atoms with Crippen LogP contribution in [0.25, 0.3) is 0 Å². The van der Waals surface area contributed by atoms with Crippen LogP contribution < -0.4 is 10.6 Å². The van der Waals surface area contributed by atoms with Gasteiger partial charge in [-0.3, -0.25) is 15.2 Å². The molecule has 10 nitrogen and oxygen atoms in total. The van der Waals surface area contributed by atoms with Crippen molar-refractivity contribution in [3.05, 3.63) is 41.6 Å². The number of nitrogens with zero attached hydrogens (tertiary/aromatic N) is 1. The number of nitrogens with one attached hydrogen (secondary N) is 3. The van der Waals surface area contributed by atoms with E-state index in [2.05, 4.69) is 20.8 Å². The summed E-state index contributed by atoms with van der Waals surface area (Å²) in [6, 6.07) is 6.13. The van der Waals surface area contributed by atoms with E-state index in [1.54, 1.807) is 32.0 Å². The molecular weight excluding hydrogens is 404 g/mol. The van der Waals surface area contributed by atoms with Gasteiger partial charge in [-0.15, -0.1) is 0 Å². The molecule has 0 radical (unpaired) electrons. The topological polar surface area (TPSA) is 154 Å². The van der Waals surface area contributed by atoms with Crippen molar-refractivity contribution in [2.75, 3.05) is 5.32 Å². The molecule has 10 heteroatoms. The Hall–Kier alpha value is -3.56. The second kappa shape index (κ2) is 14.4. The Balaban J connectivity index is 0.000000327. The highest BCUT2D eigenvalue weighted by atomic mass is 16.5. The van der Waals surface area contributed by atoms with Crippen LogP contribution in [-0.4, -0.2) is 44.9 Å². The lowest BCUT2D eigenvalue weighted by atomic mass is 10.1. The summed E-state index contributed by atoms with van der Waals surface area (Å²) in [6.45, 7) is 3.42. The molecule has 3 rings (SSSR count). The maximum Gasteiger partial charge on any atom is 0.413 e. The van der Waals surface area contributed by atoms with Gasteiger partial charge in [-0.1, -0.05) is 44.2 Å². The van der Waals surface area contributed by atoms with E-state index >= 15 is 0 Å². The number of phenols is 1. The monoisotopic (exact) mass is 434 g/mol. The Labute approximate surface area is 181 Å². The largest absolute Gasteiger partial charge is 0.507 e. The molecule has 0 aliphatic heterocycles. The van der Waals surface area contributed by atoms with Crippen LogP contribution in [0.2, 0.25) is 0 Å². The lowest BCUT2D eigenvalue weighted by Crippen LogP contribution is -2.27. The molecule has 2 amide bonds. The lowest BCUT2D eigenvalue weighted by Gasteiger charge is -2.08. The Kier molecular flexibility index (Phi) is 11.9. The van der Waals surface area contributed by atoms with Crippen LogP contribution in [0.3, 0.4) is 0 Å². The molecule has 1 fully saturated rings. The first-order chi connectivity index (χ1) is 14.8. The number of carboxylic acid groups (broad SMARTS) is 1. The molecule has 5 N–H and O–H groups in total. The van der Waals surface area contributed by atoms with Gasteiger partial charge in [-0.25, -0.2) is 9.59 Å². The minimum absolute atomic E-state index is 0.0255. The number of aromatic hydroxyl groups is 1. The molecule has 170 valence electrons. The van der Waals surface area contributed by atoms with E-state index in [1.165, 1.54) is 44.4 Å². The van der Waals surface area contributed by atoms with Crippen LogP contribution >= 0.6 is 0 Å². The second-order valence-electron chi connectivity index (χ2n) is 7.01. The van der Waals surface area contributed by atoms with Crippen molar-refractivity contribution in [3.63, 3.8) is 0 Å². The SMILES string of the molecule is C1CCCC1.CC(C)NC(=O)O.O=Cc1c(O)cccc1COC(=O)Nc1ccn[nH]1. The molecule has 1 aliphatic rings. The van der Waals surface area contributed by atoms with Crippen LogP contribution in [0, 0.1) is 0 Å². The number of anilines is 1. The first-order valence-corrected chi connectivity index (χ1v) is 10.0. The van der Waals surface area contributed by atoms with Gasteiger partial charge in [0.15, 0.2) is 6.29 Å². The van der Waals surface area contributed by atoms with E-state index in [0.29, 0.717) is 17.7 Å². The Morgan fingerprint density at radius 1 is 1.19 bits per heavy atom. The van der Waals surface area contributed by atoms with E-state index in [4.69, 9.17) is 9.84 Å². The zero-order valence-electron chi connectivity index (χ0n) is 17.8. The maximum atomic E-state index is 11.4. The molecule has 1 aromatic heterocycles. The zero-order chi connectivity index (χ0) is 23.1. The van der Waals surface area contributed by atoms with Gasteiger partial charge in [0.1, 0.15) is 18.2 Å². The molecule has 2 aromatic rings. The lowest BCUT2D eigenvalue weighted by molar-refractivity contribution is 0.111. The molecule has 1 heterocycles. The molecule has 31 heavy (non-hydrogen) atoms. The van der Waals surface area contributed by atoms with Crippen LogP contribution in [0.5, 0.6) is 5.75 Å². The summed E-state index contributed by atoms with van der Waals surface area (Å²) in [5.74, 6) is 0.251. The molecule has 0 spiro atoms. The third-order valence-electron chi connectivity index (χ3n) is 4.05. The number of rotatable bonds is 5. The summed E-state index contributed by atoms with van der Waals surface area (Å²) in [5.41, 5.74) is 0.534. The predicted octanol–water partition coefficient (Wildman–Crippen LogP) is 4.29. The Bertz CT molecular complexity index is 797. The van der Waals surface area contributed by atoms with Crippen molar-refractivity contribution in [2.24, 2.45) is 0 Å². The standard InChI is InChI=1S/C12H11N3O4.C5H10.C4H9NO2/c16-6-9-8(2-1-3-10(9)17)7-19-12(18)14-11-4-5-13-15-11;1-2-4-5-3-1;1-3(2)5-4(6)7/h1-6,17H,7H2,(H2,13,14,15,18);1-5H2;3,5H,1-2H3,(H,6,7). The number of aromatic amines is 1. The van der Waals surface area contributed by atoms with Crippen LogP contribution in [-0.2, 0) is 11.3 Å². The van der Waals surface area contributed by atoms with Crippen LogP contribution in [0.1, 0.15) is 61.9 Å². The van der Waals surface area contributed by atoms with Crippen molar-refractivity contribution in [3.8, 4) is 5.75 Å². The molecule has 1 aliphatic carbocycles. The molecular formula is C21H30N4O6. The first kappa shape index (κ1) is 25.5. The van der Waals surface area contributed by atoms with Gasteiger partial charge in [0.2, 0.25) is 0 Å². The second-order valence-corrected chi connectivity index (χ2v) is 7.01. The van der Waals surface area contributed by atoms with Gasteiger partial charge in [0, 0.05) is 17.7 Å². The van der Waals surface area contributed by atoms with Crippen molar-refractivity contribution < 1.29 is 29.3 Å². The maximum absolute atomic E-state index is 11.4. The van der Waals surface area contributed by atoms with E-state index < -0.39 is 12.2 Å². The molecule has 1 saturated carbocycles. The normalized spacial score (nSPS) is 12.0. The van der Waals surface area contributed by atoms with Gasteiger partial charge in [-0.05, 0) is 19.9 Å². The van der Waals surface area contributed by atoms with E-state index in [0.717, 1.165) is 0 Å². The summed E-state index contributed by atoms with van der Waals surface area (Å²) in [4.78, 5) is 32.0. The summed E-state index contributed by atoms with van der Waals surface area (Å²) < 4.78 is 4.93. The zero-order valence-corrected chi connectivity index (χ0v) is 17.8. The first-order valence-electron chi connectivity index (χ1n) is 10.0. The fraction of sp³-hybridized carbons (Fsp3) is 0.429. The highest BCUT2D eigenvalue weighted by Crippen LogP contribution is 2.19. The average Bonchev–Trinajstić information content (AvgIpc) is 3.42. The third-order valence-corrected chi connectivity index (χ3v) is 4.05. The third kappa shape index (κ3) is 11.3. The number of amides is 2. The van der Waals surface area contributed by atoms with Gasteiger partial charge in [0.05, 0.1) is 11.8 Å². The summed E-state index contributed by atoms with van der Waals surface area (Å²) in [6.07, 6.45) is 7.84. The fourth-order valence-electron chi connectivity index (χ4n) is 2.61. The Morgan fingerprint density at radius 2 is 1.84 bits per heavy atom. The average molecular weight is 434 g/mol. The van der Waals surface area contributed by atoms with Crippen molar-refractivity contribution >= 4 is 24.3 Å². The number of hydrogen-bond donors (Lipinski definition) is 5. The van der Waals surface area contributed by atoms with E-state index in [9.17, 15) is 19.5 Å². The summed E-state index contributed by atoms with van der Waals surface area (Å²) >= 11 is 0. The minimum atomic E-state index is -0.963. The van der Waals surface area contributed by atoms with Gasteiger partial charge >= 0.3 is 12.2 Å². The predicted molar refractivity (Wildman–Crippen MR) is 115 cm³/mol. The highest BCUT2D eigenvalue weighted by molar-refractivity contribution is 5.84. The molecule has 0 bridgehead atoms. The van der Waals surface area contributed by atoms with E-state index in [-0.39, 0.29) is 24.0 Å². The number of aromatic nitrogens is 2. The number of carbonyl (C=O) groups excluding carboxylic acids is 2. The number of phenolic OH excluding ortho intramolecular Hbond substituents is 1. The summed E-state index contributed by atoms with van der Waals surface area (Å²) in [7, 11) is 0. The van der Waals surface area contributed by atoms with Crippen molar-refractivity contribution in [1.29, 1.82) is 0 Å². The minimum Gasteiger partial charge on any atom is -0.507 e. The fourth-order valence-corrected chi connectivity index (χ4v) is 2.61. The van der Waals surface area contributed by atoms with Gasteiger partial charge < -0.3 is 20.3 Å². The number of carbonyl (C=O) groups is 3. The quantitative estimate of drug-likeness (QED) is 0.440. The number of hydrogen-bond acceptors (Lipinski definition) is 6. The number of benzene rings is 1. The molecule has 0 saturated heterocycles. The smallest absolute Gasteiger partial charge is 0.413 e. The molecule has 0 atom stereocenters.